The molecule has 0 bridgehead atoms. The first kappa shape index (κ1) is 17.9. The number of rotatable bonds is 10. The van der Waals surface area contributed by atoms with Gasteiger partial charge in [-0.05, 0) is 19.3 Å². The van der Waals surface area contributed by atoms with E-state index in [-0.39, 0.29) is 0 Å². The number of hydrogen-bond acceptors (Lipinski definition) is 0. The Labute approximate surface area is 104 Å². The average molecular weight is 224 g/mol. The normalized spacial score (nSPS) is 9.12. The van der Waals surface area contributed by atoms with Crippen LogP contribution >= 0.6 is 0 Å². The quantitative estimate of drug-likeness (QED) is 0.302. The highest BCUT2D eigenvalue weighted by atomic mass is 13.9. The van der Waals surface area contributed by atoms with E-state index in [1.165, 1.54) is 64.2 Å². The lowest BCUT2D eigenvalue weighted by molar-refractivity contribution is 0.611. The summed E-state index contributed by atoms with van der Waals surface area (Å²) in [6, 6.07) is 0. The van der Waals surface area contributed by atoms with Gasteiger partial charge in [0.15, 0.2) is 0 Å². The van der Waals surface area contributed by atoms with Crippen molar-refractivity contribution in [3.8, 4) is 0 Å². The third kappa shape index (κ3) is 23.4. The Morgan fingerprint density at radius 1 is 0.625 bits per heavy atom. The summed E-state index contributed by atoms with van der Waals surface area (Å²) in [5.41, 5.74) is 0. The molecule has 0 unspecified atom stereocenters. The number of allylic oxidation sites excluding steroid dienone is 2. The molecule has 0 fully saturated rings. The molecule has 0 aromatic carbocycles. The van der Waals surface area contributed by atoms with Crippen LogP contribution in [0.15, 0.2) is 25.3 Å². The zero-order chi connectivity index (χ0) is 12.5. The maximum Gasteiger partial charge on any atom is -0.0353 e. The lowest BCUT2D eigenvalue weighted by Gasteiger charge is -1.96. The third-order valence-corrected chi connectivity index (χ3v) is 2.52. The first-order valence-electron chi connectivity index (χ1n) is 7.05. The summed E-state index contributed by atoms with van der Waals surface area (Å²) in [5, 5.41) is 0. The van der Waals surface area contributed by atoms with Crippen LogP contribution in [-0.2, 0) is 0 Å². The highest BCUT2D eigenvalue weighted by Gasteiger charge is 1.86. The summed E-state index contributed by atoms with van der Waals surface area (Å²) >= 11 is 0. The zero-order valence-electron chi connectivity index (χ0n) is 11.6. The second-order valence-corrected chi connectivity index (χ2v) is 4.28. The van der Waals surface area contributed by atoms with Crippen molar-refractivity contribution in [1.29, 1.82) is 0 Å². The van der Waals surface area contributed by atoms with E-state index in [0.29, 0.717) is 0 Å². The zero-order valence-corrected chi connectivity index (χ0v) is 11.6. The Morgan fingerprint density at radius 3 is 1.50 bits per heavy atom. The summed E-state index contributed by atoms with van der Waals surface area (Å²) in [5.74, 6) is 0. The molecular weight excluding hydrogens is 192 g/mol. The predicted molar refractivity (Wildman–Crippen MR) is 77.9 cm³/mol. The fourth-order valence-corrected chi connectivity index (χ4v) is 1.42. The fraction of sp³-hybridized carbons (Fsp3) is 0.750. The Bertz CT molecular complexity index is 124. The Kier molecular flexibility index (Phi) is 22.3. The number of hydrogen-bond donors (Lipinski definition) is 0. The molecule has 0 atom stereocenters. The van der Waals surface area contributed by atoms with Crippen LogP contribution in [0.4, 0.5) is 0 Å². The second-order valence-electron chi connectivity index (χ2n) is 4.28. The Balaban J connectivity index is 0. The van der Waals surface area contributed by atoms with Crippen molar-refractivity contribution in [1.82, 2.24) is 0 Å². The first-order valence-corrected chi connectivity index (χ1v) is 7.05. The Hall–Kier alpha value is -0.520. The molecule has 0 rings (SSSR count). The van der Waals surface area contributed by atoms with Crippen LogP contribution in [0.25, 0.3) is 0 Å². The van der Waals surface area contributed by atoms with E-state index < -0.39 is 0 Å². The molecule has 0 spiro atoms. The van der Waals surface area contributed by atoms with Gasteiger partial charge in [-0.3, -0.25) is 0 Å². The second kappa shape index (κ2) is 20.0. The van der Waals surface area contributed by atoms with Gasteiger partial charge < -0.3 is 0 Å². The smallest absolute Gasteiger partial charge is 0.0353 e. The van der Waals surface area contributed by atoms with E-state index >= 15 is 0 Å². The standard InChI is InChI=1S/C10H20.C6H12/c1-3-5-7-9-10-8-6-4-2;1-3-5-6-4-2/h3H,1,4-10H2,2H3;3H,1,4-6H2,2H3. The molecule has 0 heterocycles. The molecule has 0 aliphatic carbocycles. The molecule has 0 saturated carbocycles. The van der Waals surface area contributed by atoms with Gasteiger partial charge in [0.2, 0.25) is 0 Å². The van der Waals surface area contributed by atoms with Gasteiger partial charge in [-0.1, -0.05) is 70.9 Å². The molecule has 0 aromatic rings. The van der Waals surface area contributed by atoms with E-state index in [1.54, 1.807) is 0 Å². The summed E-state index contributed by atoms with van der Waals surface area (Å²) in [4.78, 5) is 0. The van der Waals surface area contributed by atoms with Gasteiger partial charge in [-0.25, -0.2) is 0 Å². The summed E-state index contributed by atoms with van der Waals surface area (Å²) in [7, 11) is 0. The van der Waals surface area contributed by atoms with Gasteiger partial charge in [0.1, 0.15) is 0 Å². The van der Waals surface area contributed by atoms with E-state index in [4.69, 9.17) is 0 Å². The van der Waals surface area contributed by atoms with Crippen LogP contribution in [-0.4, -0.2) is 0 Å². The third-order valence-electron chi connectivity index (χ3n) is 2.52. The molecule has 0 aromatic heterocycles. The first-order chi connectivity index (χ1) is 7.83. The van der Waals surface area contributed by atoms with Crippen LogP contribution < -0.4 is 0 Å². The highest BCUT2D eigenvalue weighted by Crippen LogP contribution is 2.06. The van der Waals surface area contributed by atoms with Gasteiger partial charge >= 0.3 is 0 Å². The molecule has 0 heteroatoms. The van der Waals surface area contributed by atoms with Gasteiger partial charge in [0, 0.05) is 0 Å². The molecule has 0 N–H and O–H groups in total. The van der Waals surface area contributed by atoms with Gasteiger partial charge in [0.25, 0.3) is 0 Å². The van der Waals surface area contributed by atoms with Crippen molar-refractivity contribution in [2.45, 2.75) is 78.1 Å². The Morgan fingerprint density at radius 2 is 1.06 bits per heavy atom. The van der Waals surface area contributed by atoms with E-state index in [9.17, 15) is 0 Å². The van der Waals surface area contributed by atoms with Crippen molar-refractivity contribution in [3.05, 3.63) is 25.3 Å². The molecule has 0 aliphatic rings. The molecular formula is C16H32. The van der Waals surface area contributed by atoms with Crippen LogP contribution in [0, 0.1) is 0 Å². The minimum absolute atomic E-state index is 1.18. The van der Waals surface area contributed by atoms with Crippen molar-refractivity contribution in [2.24, 2.45) is 0 Å². The van der Waals surface area contributed by atoms with Crippen molar-refractivity contribution in [3.63, 3.8) is 0 Å². The van der Waals surface area contributed by atoms with E-state index in [1.807, 2.05) is 12.2 Å². The van der Waals surface area contributed by atoms with Crippen molar-refractivity contribution < 1.29 is 0 Å². The monoisotopic (exact) mass is 224 g/mol. The molecule has 0 saturated heterocycles. The lowest BCUT2D eigenvalue weighted by Crippen LogP contribution is -1.76. The average Bonchev–Trinajstić information content (AvgIpc) is 2.32. The molecule has 96 valence electrons. The van der Waals surface area contributed by atoms with Gasteiger partial charge in [-0.2, -0.15) is 0 Å². The number of unbranched alkanes of at least 4 members (excludes halogenated alkanes) is 8. The predicted octanol–water partition coefficient (Wildman–Crippen LogP) is 6.29. The summed E-state index contributed by atoms with van der Waals surface area (Å²) < 4.78 is 0. The molecule has 0 nitrogen and oxygen atoms in total. The SMILES string of the molecule is C=CCCCC.C=CCCCCCCCC. The summed E-state index contributed by atoms with van der Waals surface area (Å²) in [6.45, 7) is 11.7. The molecule has 0 radical (unpaired) electrons. The topological polar surface area (TPSA) is 0 Å². The van der Waals surface area contributed by atoms with Crippen LogP contribution in [0.2, 0.25) is 0 Å². The van der Waals surface area contributed by atoms with Crippen LogP contribution in [0.5, 0.6) is 0 Å². The maximum absolute atomic E-state index is 3.69. The minimum Gasteiger partial charge on any atom is -0.103 e. The highest BCUT2D eigenvalue weighted by molar-refractivity contribution is 4.65. The van der Waals surface area contributed by atoms with Gasteiger partial charge in [0.05, 0.1) is 0 Å². The van der Waals surface area contributed by atoms with Crippen molar-refractivity contribution >= 4 is 0 Å². The lowest BCUT2D eigenvalue weighted by atomic mass is 10.1. The van der Waals surface area contributed by atoms with Crippen molar-refractivity contribution in [2.75, 3.05) is 0 Å². The van der Waals surface area contributed by atoms with Crippen LogP contribution in [0.1, 0.15) is 78.1 Å². The van der Waals surface area contributed by atoms with E-state index in [2.05, 4.69) is 27.0 Å². The fourth-order valence-electron chi connectivity index (χ4n) is 1.42. The minimum atomic E-state index is 1.18. The van der Waals surface area contributed by atoms with Crippen LogP contribution in [0.3, 0.4) is 0 Å². The summed E-state index contributed by atoms with van der Waals surface area (Å²) in [6.07, 6.45) is 17.3. The van der Waals surface area contributed by atoms with Gasteiger partial charge in [-0.15, -0.1) is 13.2 Å². The largest absolute Gasteiger partial charge is 0.103 e. The molecule has 16 heavy (non-hydrogen) atoms. The maximum atomic E-state index is 3.69. The molecule has 0 amide bonds. The molecule has 0 aliphatic heterocycles. The van der Waals surface area contributed by atoms with E-state index in [0.717, 1.165) is 0 Å².